The van der Waals surface area contributed by atoms with Crippen molar-refractivity contribution in [1.29, 1.82) is 0 Å². The molecule has 5 unspecified atom stereocenters. The quantitative estimate of drug-likeness (QED) is 0.508. The fourth-order valence-electron chi connectivity index (χ4n) is 5.29. The van der Waals surface area contributed by atoms with Crippen LogP contribution >= 0.6 is 0 Å². The lowest BCUT2D eigenvalue weighted by Crippen LogP contribution is -2.82. The highest BCUT2D eigenvalue weighted by atomic mass is 16.4. The third kappa shape index (κ3) is 2.39. The minimum Gasteiger partial charge on any atom is -0.394 e. The second kappa shape index (κ2) is 6.09. The zero-order valence-corrected chi connectivity index (χ0v) is 14.8. The molecule has 5 rings (SSSR count). The van der Waals surface area contributed by atoms with E-state index in [-0.39, 0.29) is 5.78 Å². The smallest absolute Gasteiger partial charge is 0.154 e. The molecule has 0 spiro atoms. The van der Waals surface area contributed by atoms with Crippen LogP contribution in [0.2, 0.25) is 0 Å². The molecule has 5 atom stereocenters. The van der Waals surface area contributed by atoms with E-state index in [1.165, 1.54) is 0 Å². The average molecular weight is 362 g/mol. The zero-order valence-electron chi connectivity index (χ0n) is 14.8. The maximum absolute atomic E-state index is 13.3. The fourth-order valence-corrected chi connectivity index (χ4v) is 5.29. The van der Waals surface area contributed by atoms with Crippen LogP contribution in [0.1, 0.15) is 12.5 Å². The highest BCUT2D eigenvalue weighted by Crippen LogP contribution is 2.50. The van der Waals surface area contributed by atoms with Gasteiger partial charge in [-0.2, -0.15) is 0 Å². The van der Waals surface area contributed by atoms with Gasteiger partial charge in [-0.3, -0.25) is 14.6 Å². The summed E-state index contributed by atoms with van der Waals surface area (Å²) in [6.45, 7) is 3.33. The lowest BCUT2D eigenvalue weighted by molar-refractivity contribution is -0.216. The summed E-state index contributed by atoms with van der Waals surface area (Å²) in [6.07, 6.45) is -4.56. The number of benzene rings is 1. The Balaban J connectivity index is 1.69. The van der Waals surface area contributed by atoms with Gasteiger partial charge in [0.1, 0.15) is 18.3 Å². The van der Waals surface area contributed by atoms with Crippen molar-refractivity contribution in [3.05, 3.63) is 35.9 Å². The first-order valence-corrected chi connectivity index (χ1v) is 9.06. The molecule has 0 amide bonds. The van der Waals surface area contributed by atoms with Gasteiger partial charge in [-0.05, 0) is 5.56 Å². The third-order valence-corrected chi connectivity index (χ3v) is 6.34. The van der Waals surface area contributed by atoms with Crippen LogP contribution in [-0.4, -0.2) is 93.3 Å². The van der Waals surface area contributed by atoms with Crippen LogP contribution in [0.3, 0.4) is 0 Å². The highest BCUT2D eigenvalue weighted by Gasteiger charge is 2.65. The molecule has 0 saturated carbocycles. The van der Waals surface area contributed by atoms with E-state index in [0.717, 1.165) is 5.56 Å². The van der Waals surface area contributed by atoms with E-state index >= 15 is 0 Å². The highest BCUT2D eigenvalue weighted by molar-refractivity contribution is 5.97. The number of carbonyl (C=O) groups excluding carboxylic acids is 1. The lowest BCUT2D eigenvalue weighted by Gasteiger charge is -2.66. The molecule has 1 aromatic carbocycles. The Morgan fingerprint density at radius 1 is 1.08 bits per heavy atom. The Kier molecular flexibility index (Phi) is 4.22. The third-order valence-electron chi connectivity index (χ3n) is 6.34. The number of hydrogen-bond donors (Lipinski definition) is 4. The molecule has 4 heterocycles. The van der Waals surface area contributed by atoms with E-state index in [2.05, 4.69) is 0 Å². The van der Waals surface area contributed by atoms with Crippen molar-refractivity contribution in [1.82, 2.24) is 9.80 Å². The number of aliphatic hydroxyl groups excluding tert-OH is 4. The number of aliphatic hydroxyl groups is 4. The molecule has 4 aliphatic heterocycles. The Morgan fingerprint density at radius 3 is 2.19 bits per heavy atom. The molecule has 4 N–H and O–H groups in total. The van der Waals surface area contributed by atoms with E-state index < -0.39 is 41.9 Å². The molecule has 4 fully saturated rings. The van der Waals surface area contributed by atoms with Crippen molar-refractivity contribution in [2.75, 3.05) is 32.8 Å². The van der Waals surface area contributed by atoms with Gasteiger partial charge in [0, 0.05) is 26.2 Å². The monoisotopic (exact) mass is 362 g/mol. The number of piperidine rings is 2. The van der Waals surface area contributed by atoms with Gasteiger partial charge in [-0.1, -0.05) is 37.3 Å². The molecule has 0 radical (unpaired) electrons. The molecule has 0 aromatic heterocycles. The summed E-state index contributed by atoms with van der Waals surface area (Å²) in [7, 11) is 0. The molecule has 4 bridgehead atoms. The van der Waals surface area contributed by atoms with Crippen molar-refractivity contribution >= 4 is 5.78 Å². The first-order chi connectivity index (χ1) is 12.3. The molecular formula is C19H26N2O5. The number of nitrogens with zero attached hydrogens (tertiary/aromatic N) is 2. The predicted octanol–water partition coefficient (Wildman–Crippen LogP) is -1.45. The van der Waals surface area contributed by atoms with Gasteiger partial charge in [0.05, 0.1) is 23.6 Å². The fraction of sp³-hybridized carbons (Fsp3) is 0.632. The maximum atomic E-state index is 13.3. The summed E-state index contributed by atoms with van der Waals surface area (Å²) in [6, 6.07) is 9.75. The van der Waals surface area contributed by atoms with Crippen molar-refractivity contribution in [2.45, 2.75) is 36.8 Å². The summed E-state index contributed by atoms with van der Waals surface area (Å²) < 4.78 is 0. The molecule has 142 valence electrons. The second-order valence-corrected chi connectivity index (χ2v) is 8.29. The Morgan fingerprint density at radius 2 is 1.65 bits per heavy atom. The second-order valence-electron chi connectivity index (χ2n) is 8.29. The van der Waals surface area contributed by atoms with Gasteiger partial charge >= 0.3 is 0 Å². The van der Waals surface area contributed by atoms with E-state index in [0.29, 0.717) is 26.2 Å². The first-order valence-electron chi connectivity index (χ1n) is 9.06. The van der Waals surface area contributed by atoms with Gasteiger partial charge in [0.25, 0.3) is 0 Å². The van der Waals surface area contributed by atoms with Gasteiger partial charge < -0.3 is 20.4 Å². The number of carbonyl (C=O) groups is 1. The van der Waals surface area contributed by atoms with Crippen LogP contribution in [-0.2, 0) is 10.2 Å². The Hall–Kier alpha value is -1.35. The molecule has 4 saturated heterocycles. The SMILES string of the molecule is CC12CN3CC(c4ccccc4)(CN(C1)C3C(O)C(O)C(O)CO)C2=O. The molecule has 1 aromatic rings. The van der Waals surface area contributed by atoms with Crippen molar-refractivity contribution in [3.8, 4) is 0 Å². The first kappa shape index (κ1) is 18.0. The molecule has 7 heteroatoms. The van der Waals surface area contributed by atoms with E-state index in [4.69, 9.17) is 5.11 Å². The van der Waals surface area contributed by atoms with Crippen molar-refractivity contribution in [3.63, 3.8) is 0 Å². The number of Topliss-reactive ketones (excluding diaryl/α,β-unsaturated/α-hetero) is 1. The number of ketones is 1. The predicted molar refractivity (Wildman–Crippen MR) is 93.3 cm³/mol. The molecule has 4 aliphatic rings. The lowest BCUT2D eigenvalue weighted by atomic mass is 9.58. The summed E-state index contributed by atoms with van der Waals surface area (Å²) in [5, 5.41) is 39.7. The van der Waals surface area contributed by atoms with Crippen LogP contribution < -0.4 is 0 Å². The normalized spacial score (nSPS) is 41.9. The number of rotatable bonds is 5. The van der Waals surface area contributed by atoms with Gasteiger partial charge in [0.2, 0.25) is 0 Å². The van der Waals surface area contributed by atoms with E-state index in [1.807, 2.05) is 47.1 Å². The topological polar surface area (TPSA) is 104 Å². The van der Waals surface area contributed by atoms with Crippen LogP contribution in [0.15, 0.2) is 30.3 Å². The molecular weight excluding hydrogens is 336 g/mol. The van der Waals surface area contributed by atoms with Gasteiger partial charge in [-0.15, -0.1) is 0 Å². The van der Waals surface area contributed by atoms with Crippen molar-refractivity contribution in [2.24, 2.45) is 5.41 Å². The Labute approximate surface area is 152 Å². The summed E-state index contributed by atoms with van der Waals surface area (Å²) >= 11 is 0. The molecule has 7 nitrogen and oxygen atoms in total. The summed E-state index contributed by atoms with van der Waals surface area (Å²) in [5.41, 5.74) is -0.179. The minimum atomic E-state index is -1.45. The zero-order chi connectivity index (χ0) is 18.7. The average Bonchev–Trinajstić information content (AvgIpc) is 2.64. The van der Waals surface area contributed by atoms with Crippen LogP contribution in [0.25, 0.3) is 0 Å². The Bertz CT molecular complexity index is 680. The summed E-state index contributed by atoms with van der Waals surface area (Å²) in [5.74, 6) is 0.243. The van der Waals surface area contributed by atoms with E-state index in [9.17, 15) is 20.1 Å². The number of hydrogen-bond acceptors (Lipinski definition) is 7. The molecule has 0 aliphatic carbocycles. The van der Waals surface area contributed by atoms with Crippen LogP contribution in [0.4, 0.5) is 0 Å². The van der Waals surface area contributed by atoms with Gasteiger partial charge in [-0.25, -0.2) is 0 Å². The minimum absolute atomic E-state index is 0.243. The maximum Gasteiger partial charge on any atom is 0.154 e. The van der Waals surface area contributed by atoms with Crippen LogP contribution in [0, 0.1) is 5.41 Å². The van der Waals surface area contributed by atoms with Gasteiger partial charge in [0.15, 0.2) is 5.78 Å². The largest absolute Gasteiger partial charge is 0.394 e. The van der Waals surface area contributed by atoms with Crippen LogP contribution in [0.5, 0.6) is 0 Å². The van der Waals surface area contributed by atoms with Crippen molar-refractivity contribution < 1.29 is 25.2 Å². The molecule has 26 heavy (non-hydrogen) atoms. The van der Waals surface area contributed by atoms with E-state index in [1.54, 1.807) is 0 Å². The summed E-state index contributed by atoms with van der Waals surface area (Å²) in [4.78, 5) is 17.4. The standard InChI is InChI=1S/C19H26N2O5/c1-18-8-20-10-19(17(18)26,12-5-3-2-4-6-12)11-21(9-18)16(20)15(25)14(24)13(23)7-22/h2-6,13-16,22-25H,7-11H2,1H3.